The SMILES string of the molecule is O=C(OCC(=O)N1c2ccccc2Sc2ccccc21)c1ccc(Cl)nc1. The molecule has 4 rings (SSSR count). The molecule has 3 aromatic rings. The number of amides is 1. The van der Waals surface area contributed by atoms with E-state index in [4.69, 9.17) is 16.3 Å². The second-order valence-electron chi connectivity index (χ2n) is 5.71. The van der Waals surface area contributed by atoms with Gasteiger partial charge in [-0.15, -0.1) is 0 Å². The van der Waals surface area contributed by atoms with Crippen LogP contribution in [-0.4, -0.2) is 23.5 Å². The molecule has 0 unspecified atom stereocenters. The number of ether oxygens (including phenoxy) is 1. The number of carbonyl (C=O) groups excluding carboxylic acids is 2. The number of hydrogen-bond acceptors (Lipinski definition) is 5. The van der Waals surface area contributed by atoms with Gasteiger partial charge >= 0.3 is 5.97 Å². The summed E-state index contributed by atoms with van der Waals surface area (Å²) in [4.78, 5) is 32.4. The van der Waals surface area contributed by atoms with Gasteiger partial charge < -0.3 is 4.74 Å². The zero-order valence-electron chi connectivity index (χ0n) is 14.0. The molecule has 0 saturated heterocycles. The van der Waals surface area contributed by atoms with Crippen LogP contribution in [0.2, 0.25) is 5.15 Å². The number of para-hydroxylation sites is 2. The molecule has 2 heterocycles. The average molecular weight is 397 g/mol. The van der Waals surface area contributed by atoms with Crippen molar-refractivity contribution in [2.75, 3.05) is 11.5 Å². The van der Waals surface area contributed by atoms with Crippen molar-refractivity contribution in [2.24, 2.45) is 0 Å². The van der Waals surface area contributed by atoms with E-state index in [0.717, 1.165) is 21.2 Å². The number of aromatic nitrogens is 1. The molecular formula is C20H13ClN2O3S. The molecule has 1 aliphatic rings. The lowest BCUT2D eigenvalue weighted by Crippen LogP contribution is -2.32. The van der Waals surface area contributed by atoms with E-state index in [1.54, 1.807) is 16.7 Å². The monoisotopic (exact) mass is 396 g/mol. The second-order valence-corrected chi connectivity index (χ2v) is 7.18. The molecule has 0 bridgehead atoms. The highest BCUT2D eigenvalue weighted by atomic mass is 35.5. The van der Waals surface area contributed by atoms with Crippen LogP contribution in [0.3, 0.4) is 0 Å². The number of esters is 1. The Labute approximate surface area is 164 Å². The van der Waals surface area contributed by atoms with Crippen LogP contribution >= 0.6 is 23.4 Å². The van der Waals surface area contributed by atoms with Gasteiger partial charge in [0.1, 0.15) is 5.15 Å². The number of benzene rings is 2. The summed E-state index contributed by atoms with van der Waals surface area (Å²) in [6.45, 7) is -0.380. The largest absolute Gasteiger partial charge is 0.452 e. The average Bonchev–Trinajstić information content (AvgIpc) is 2.70. The van der Waals surface area contributed by atoms with Crippen LogP contribution in [0.15, 0.2) is 76.7 Å². The van der Waals surface area contributed by atoms with Crippen LogP contribution in [0.25, 0.3) is 0 Å². The van der Waals surface area contributed by atoms with Gasteiger partial charge in [-0.2, -0.15) is 0 Å². The van der Waals surface area contributed by atoms with E-state index >= 15 is 0 Å². The van der Waals surface area contributed by atoms with Gasteiger partial charge in [0.25, 0.3) is 5.91 Å². The quantitative estimate of drug-likeness (QED) is 0.473. The fourth-order valence-corrected chi connectivity index (χ4v) is 3.91. The number of nitrogens with zero attached hydrogens (tertiary/aromatic N) is 2. The number of hydrogen-bond donors (Lipinski definition) is 0. The molecule has 1 aliphatic heterocycles. The summed E-state index contributed by atoms with van der Waals surface area (Å²) in [5, 5.41) is 0.279. The zero-order valence-corrected chi connectivity index (χ0v) is 15.5. The Morgan fingerprint density at radius 2 is 1.59 bits per heavy atom. The van der Waals surface area contributed by atoms with Gasteiger partial charge in [0, 0.05) is 16.0 Å². The summed E-state index contributed by atoms with van der Waals surface area (Å²) < 4.78 is 5.19. The fourth-order valence-electron chi connectivity index (χ4n) is 2.75. The van der Waals surface area contributed by atoms with Gasteiger partial charge in [-0.05, 0) is 36.4 Å². The van der Waals surface area contributed by atoms with Crippen LogP contribution in [0.1, 0.15) is 10.4 Å². The number of anilines is 2. The maximum absolute atomic E-state index is 12.9. The van der Waals surface area contributed by atoms with Crippen molar-refractivity contribution < 1.29 is 14.3 Å². The molecule has 1 aromatic heterocycles. The zero-order chi connectivity index (χ0) is 18.8. The first-order chi connectivity index (χ1) is 13.1. The summed E-state index contributed by atoms with van der Waals surface area (Å²) in [6.07, 6.45) is 1.32. The highest BCUT2D eigenvalue weighted by Gasteiger charge is 2.28. The Balaban J connectivity index is 1.57. The topological polar surface area (TPSA) is 59.5 Å². The fraction of sp³-hybridized carbons (Fsp3) is 0.0500. The molecule has 2 aromatic carbocycles. The molecule has 1 amide bonds. The number of fused-ring (bicyclic) bond motifs is 2. The maximum atomic E-state index is 12.9. The molecule has 0 saturated carbocycles. The summed E-state index contributed by atoms with van der Waals surface area (Å²) in [6, 6.07) is 18.3. The van der Waals surface area contributed by atoms with Crippen molar-refractivity contribution in [3.05, 3.63) is 77.6 Å². The van der Waals surface area contributed by atoms with Gasteiger partial charge in [0.05, 0.1) is 16.9 Å². The van der Waals surface area contributed by atoms with E-state index < -0.39 is 5.97 Å². The molecule has 27 heavy (non-hydrogen) atoms. The van der Waals surface area contributed by atoms with E-state index in [-0.39, 0.29) is 23.2 Å². The lowest BCUT2D eigenvalue weighted by Gasteiger charge is -2.30. The van der Waals surface area contributed by atoms with Crippen molar-refractivity contribution in [3.8, 4) is 0 Å². The Kier molecular flexibility index (Phi) is 4.83. The van der Waals surface area contributed by atoms with Gasteiger partial charge in [0.15, 0.2) is 6.61 Å². The molecular weight excluding hydrogens is 384 g/mol. The third kappa shape index (κ3) is 3.54. The number of pyridine rings is 1. The molecule has 0 radical (unpaired) electrons. The standard InChI is InChI=1S/C20H13ClN2O3S/c21-18-10-9-13(11-22-18)20(25)26-12-19(24)23-14-5-1-3-7-16(14)27-17-8-4-2-6-15(17)23/h1-11H,12H2. The Bertz CT molecular complexity index is 978. The van der Waals surface area contributed by atoms with E-state index in [1.165, 1.54) is 18.3 Å². The Morgan fingerprint density at radius 1 is 0.963 bits per heavy atom. The maximum Gasteiger partial charge on any atom is 0.340 e. The van der Waals surface area contributed by atoms with Gasteiger partial charge in [-0.1, -0.05) is 47.6 Å². The third-order valence-corrected chi connectivity index (χ3v) is 5.33. The lowest BCUT2D eigenvalue weighted by atomic mass is 10.2. The Morgan fingerprint density at radius 3 is 2.19 bits per heavy atom. The molecule has 0 fully saturated rings. The minimum absolute atomic E-state index is 0.238. The molecule has 0 spiro atoms. The smallest absolute Gasteiger partial charge is 0.340 e. The molecule has 5 nitrogen and oxygen atoms in total. The van der Waals surface area contributed by atoms with Crippen LogP contribution in [0.4, 0.5) is 11.4 Å². The predicted molar refractivity (Wildman–Crippen MR) is 104 cm³/mol. The number of carbonyl (C=O) groups is 2. The van der Waals surface area contributed by atoms with Crippen molar-refractivity contribution in [3.63, 3.8) is 0 Å². The lowest BCUT2D eigenvalue weighted by molar-refractivity contribution is -0.121. The molecule has 134 valence electrons. The van der Waals surface area contributed by atoms with Crippen LogP contribution in [-0.2, 0) is 9.53 Å². The van der Waals surface area contributed by atoms with Crippen LogP contribution in [0.5, 0.6) is 0 Å². The molecule has 7 heteroatoms. The van der Waals surface area contributed by atoms with E-state index in [1.807, 2.05) is 48.5 Å². The minimum atomic E-state index is -0.625. The Hall–Kier alpha value is -2.83. The summed E-state index contributed by atoms with van der Waals surface area (Å²) in [5.74, 6) is -0.953. The first kappa shape index (κ1) is 17.6. The van der Waals surface area contributed by atoms with E-state index in [2.05, 4.69) is 4.98 Å². The first-order valence-electron chi connectivity index (χ1n) is 8.11. The molecule has 0 atom stereocenters. The van der Waals surface area contributed by atoms with Crippen molar-refractivity contribution in [2.45, 2.75) is 9.79 Å². The summed E-state index contributed by atoms with van der Waals surface area (Å²) >= 11 is 7.32. The highest BCUT2D eigenvalue weighted by molar-refractivity contribution is 7.99. The van der Waals surface area contributed by atoms with E-state index in [0.29, 0.717) is 0 Å². The van der Waals surface area contributed by atoms with Gasteiger partial charge in [0.2, 0.25) is 0 Å². The van der Waals surface area contributed by atoms with Crippen LogP contribution in [0, 0.1) is 0 Å². The minimum Gasteiger partial charge on any atom is -0.452 e. The van der Waals surface area contributed by atoms with E-state index in [9.17, 15) is 9.59 Å². The van der Waals surface area contributed by atoms with Crippen molar-refractivity contribution in [1.29, 1.82) is 0 Å². The number of rotatable bonds is 3. The second kappa shape index (κ2) is 7.42. The van der Waals surface area contributed by atoms with Crippen LogP contribution < -0.4 is 4.90 Å². The van der Waals surface area contributed by atoms with Gasteiger partial charge in [-0.3, -0.25) is 9.69 Å². The summed E-state index contributed by atoms with van der Waals surface area (Å²) in [7, 11) is 0. The van der Waals surface area contributed by atoms with Gasteiger partial charge in [-0.25, -0.2) is 9.78 Å². The molecule has 0 aliphatic carbocycles. The van der Waals surface area contributed by atoms with Crippen molar-refractivity contribution in [1.82, 2.24) is 4.98 Å². The normalized spacial score (nSPS) is 12.1. The predicted octanol–water partition coefficient (Wildman–Crippen LogP) is 4.72. The summed E-state index contributed by atoms with van der Waals surface area (Å²) in [5.41, 5.74) is 1.79. The third-order valence-electron chi connectivity index (χ3n) is 3.97. The highest BCUT2D eigenvalue weighted by Crippen LogP contribution is 2.47. The number of halogens is 1. The van der Waals surface area contributed by atoms with Crippen molar-refractivity contribution >= 4 is 46.6 Å². The molecule has 0 N–H and O–H groups in total. The first-order valence-corrected chi connectivity index (χ1v) is 9.30.